The summed E-state index contributed by atoms with van der Waals surface area (Å²) in [5.41, 5.74) is 3.21. The van der Waals surface area contributed by atoms with Crippen molar-refractivity contribution < 1.29 is 0 Å². The number of allylic oxidation sites excluding steroid dienone is 4. The molecule has 0 aromatic rings. The molecule has 0 aliphatic rings. The summed E-state index contributed by atoms with van der Waals surface area (Å²) >= 11 is 0. The zero-order valence-corrected chi connectivity index (χ0v) is 8.89. The summed E-state index contributed by atoms with van der Waals surface area (Å²) in [6, 6.07) is 0. The fourth-order valence-corrected chi connectivity index (χ4v) is 0.733. The van der Waals surface area contributed by atoms with E-state index >= 15 is 0 Å². The molecular formula is C11H18N2. The first-order valence-corrected chi connectivity index (χ1v) is 4.29. The van der Waals surface area contributed by atoms with Gasteiger partial charge in [0.2, 0.25) is 0 Å². The highest BCUT2D eigenvalue weighted by atomic mass is 14.9. The van der Waals surface area contributed by atoms with E-state index in [1.807, 2.05) is 32.9 Å². The summed E-state index contributed by atoms with van der Waals surface area (Å²) in [4.78, 5) is 3.85. The van der Waals surface area contributed by atoms with Crippen LogP contribution in [0.2, 0.25) is 0 Å². The molecule has 0 rings (SSSR count). The van der Waals surface area contributed by atoms with Gasteiger partial charge in [0.1, 0.15) is 0 Å². The molecule has 0 heterocycles. The standard InChI is InChI=1S/C11H18N2/c1-6-10(4)7-11(9(2)3)13-8-12-5/h6-8H,2H2,1,3-5H3,(H,12,13)/b10-6-,11-7+. The molecule has 0 aliphatic heterocycles. The molecule has 0 saturated carbocycles. The molecule has 0 aromatic heterocycles. The van der Waals surface area contributed by atoms with Gasteiger partial charge in [0.15, 0.2) is 0 Å². The van der Waals surface area contributed by atoms with Gasteiger partial charge in [0, 0.05) is 12.7 Å². The molecule has 2 heteroatoms. The summed E-state index contributed by atoms with van der Waals surface area (Å²) in [6.07, 6.45) is 5.75. The van der Waals surface area contributed by atoms with Crippen LogP contribution in [-0.2, 0) is 0 Å². The van der Waals surface area contributed by atoms with Crippen LogP contribution in [0.1, 0.15) is 20.8 Å². The molecule has 0 fully saturated rings. The number of aliphatic imine (C=N–C) groups is 1. The number of hydrogen-bond donors (Lipinski definition) is 1. The maximum absolute atomic E-state index is 3.88. The Morgan fingerprint density at radius 2 is 2.00 bits per heavy atom. The van der Waals surface area contributed by atoms with Crippen molar-refractivity contribution in [2.75, 3.05) is 7.05 Å². The maximum atomic E-state index is 3.88. The van der Waals surface area contributed by atoms with Crippen LogP contribution < -0.4 is 5.32 Å². The van der Waals surface area contributed by atoms with Crippen molar-refractivity contribution in [3.8, 4) is 0 Å². The Morgan fingerprint density at radius 3 is 2.38 bits per heavy atom. The molecule has 0 aliphatic carbocycles. The number of rotatable bonds is 4. The van der Waals surface area contributed by atoms with Crippen molar-refractivity contribution in [2.45, 2.75) is 20.8 Å². The van der Waals surface area contributed by atoms with Gasteiger partial charge in [-0.05, 0) is 32.4 Å². The van der Waals surface area contributed by atoms with Crippen LogP contribution in [0.5, 0.6) is 0 Å². The predicted octanol–water partition coefficient (Wildman–Crippen LogP) is 2.66. The van der Waals surface area contributed by atoms with Gasteiger partial charge in [-0.25, -0.2) is 0 Å². The zero-order chi connectivity index (χ0) is 10.3. The second kappa shape index (κ2) is 6.23. The minimum atomic E-state index is 1.00. The smallest absolute Gasteiger partial charge is 0.0864 e. The van der Waals surface area contributed by atoms with Gasteiger partial charge in [0.05, 0.1) is 6.34 Å². The lowest BCUT2D eigenvalue weighted by atomic mass is 10.1. The monoisotopic (exact) mass is 178 g/mol. The number of nitrogens with one attached hydrogen (secondary N) is 1. The predicted molar refractivity (Wildman–Crippen MR) is 59.9 cm³/mol. The number of nitrogens with zero attached hydrogens (tertiary/aromatic N) is 1. The average molecular weight is 178 g/mol. The van der Waals surface area contributed by atoms with Crippen LogP contribution in [0.4, 0.5) is 0 Å². The summed E-state index contributed by atoms with van der Waals surface area (Å²) in [5.74, 6) is 0. The molecule has 0 aromatic carbocycles. The van der Waals surface area contributed by atoms with Gasteiger partial charge in [0.25, 0.3) is 0 Å². The molecule has 72 valence electrons. The molecule has 1 N–H and O–H groups in total. The van der Waals surface area contributed by atoms with Crippen LogP contribution in [0.15, 0.2) is 40.6 Å². The average Bonchev–Trinajstić information content (AvgIpc) is 2.11. The Labute approximate surface area is 80.8 Å². The van der Waals surface area contributed by atoms with Crippen LogP contribution in [0.3, 0.4) is 0 Å². The first-order chi connectivity index (χ1) is 6.11. The maximum Gasteiger partial charge on any atom is 0.0864 e. The molecular weight excluding hydrogens is 160 g/mol. The van der Waals surface area contributed by atoms with E-state index in [-0.39, 0.29) is 0 Å². The Kier molecular flexibility index (Phi) is 5.60. The third kappa shape index (κ3) is 5.01. The normalized spacial score (nSPS) is 13.5. The molecule has 2 nitrogen and oxygen atoms in total. The summed E-state index contributed by atoms with van der Waals surface area (Å²) in [6.45, 7) is 9.90. The third-order valence-corrected chi connectivity index (χ3v) is 1.64. The molecule has 0 radical (unpaired) electrons. The van der Waals surface area contributed by atoms with Crippen molar-refractivity contribution in [2.24, 2.45) is 4.99 Å². The van der Waals surface area contributed by atoms with Crippen LogP contribution >= 0.6 is 0 Å². The van der Waals surface area contributed by atoms with E-state index in [4.69, 9.17) is 0 Å². The second-order valence-corrected chi connectivity index (χ2v) is 2.90. The molecule has 0 spiro atoms. The largest absolute Gasteiger partial charge is 0.347 e. The van der Waals surface area contributed by atoms with Gasteiger partial charge in [-0.15, -0.1) is 0 Å². The van der Waals surface area contributed by atoms with Crippen LogP contribution in [0.25, 0.3) is 0 Å². The topological polar surface area (TPSA) is 24.4 Å². The first kappa shape index (κ1) is 11.7. The highest BCUT2D eigenvalue weighted by Gasteiger charge is 1.94. The quantitative estimate of drug-likeness (QED) is 0.399. The lowest BCUT2D eigenvalue weighted by molar-refractivity contribution is 1.13. The SMILES string of the molecule is C=C(C)/C(=C\C(C)=C/C)NC=NC. The van der Waals surface area contributed by atoms with Crippen molar-refractivity contribution in [1.82, 2.24) is 5.32 Å². The van der Waals surface area contributed by atoms with E-state index in [2.05, 4.69) is 16.9 Å². The van der Waals surface area contributed by atoms with Gasteiger partial charge in [-0.2, -0.15) is 0 Å². The minimum Gasteiger partial charge on any atom is -0.347 e. The molecule has 0 amide bonds. The summed E-state index contributed by atoms with van der Waals surface area (Å²) < 4.78 is 0. The fourth-order valence-electron chi connectivity index (χ4n) is 0.733. The minimum absolute atomic E-state index is 1.00. The van der Waals surface area contributed by atoms with E-state index in [9.17, 15) is 0 Å². The summed E-state index contributed by atoms with van der Waals surface area (Å²) in [7, 11) is 1.73. The van der Waals surface area contributed by atoms with Gasteiger partial charge < -0.3 is 5.32 Å². The Bertz CT molecular complexity index is 257. The van der Waals surface area contributed by atoms with E-state index in [1.165, 1.54) is 5.57 Å². The van der Waals surface area contributed by atoms with E-state index in [1.54, 1.807) is 13.4 Å². The second-order valence-electron chi connectivity index (χ2n) is 2.90. The van der Waals surface area contributed by atoms with Gasteiger partial charge >= 0.3 is 0 Å². The Morgan fingerprint density at radius 1 is 1.38 bits per heavy atom. The number of hydrogen-bond acceptors (Lipinski definition) is 1. The molecule has 0 unspecified atom stereocenters. The lowest BCUT2D eigenvalue weighted by Gasteiger charge is -2.05. The van der Waals surface area contributed by atoms with E-state index in [0.29, 0.717) is 0 Å². The zero-order valence-electron chi connectivity index (χ0n) is 8.89. The lowest BCUT2D eigenvalue weighted by Crippen LogP contribution is -2.11. The van der Waals surface area contributed by atoms with Crippen molar-refractivity contribution in [3.63, 3.8) is 0 Å². The Balaban J connectivity index is 4.60. The Hall–Kier alpha value is -1.31. The van der Waals surface area contributed by atoms with E-state index in [0.717, 1.165) is 11.3 Å². The van der Waals surface area contributed by atoms with E-state index < -0.39 is 0 Å². The highest BCUT2D eigenvalue weighted by Crippen LogP contribution is 2.06. The molecule has 0 saturated heterocycles. The van der Waals surface area contributed by atoms with Gasteiger partial charge in [-0.1, -0.05) is 18.2 Å². The van der Waals surface area contributed by atoms with Crippen molar-refractivity contribution >= 4 is 6.34 Å². The molecule has 0 bridgehead atoms. The van der Waals surface area contributed by atoms with Crippen LogP contribution in [0, 0.1) is 0 Å². The molecule has 0 atom stereocenters. The van der Waals surface area contributed by atoms with Crippen molar-refractivity contribution in [3.05, 3.63) is 35.6 Å². The first-order valence-electron chi connectivity index (χ1n) is 4.29. The fraction of sp³-hybridized carbons (Fsp3) is 0.364. The summed E-state index contributed by atoms with van der Waals surface area (Å²) in [5, 5.41) is 3.06. The molecule has 13 heavy (non-hydrogen) atoms. The van der Waals surface area contributed by atoms with Crippen molar-refractivity contribution in [1.29, 1.82) is 0 Å². The highest BCUT2D eigenvalue weighted by molar-refractivity contribution is 5.59. The third-order valence-electron chi connectivity index (χ3n) is 1.64. The van der Waals surface area contributed by atoms with Crippen LogP contribution in [-0.4, -0.2) is 13.4 Å². The van der Waals surface area contributed by atoms with Gasteiger partial charge in [-0.3, -0.25) is 4.99 Å².